The Balaban J connectivity index is 1.92. The molecule has 1 aliphatic rings. The number of hydrogen-bond donors (Lipinski definition) is 1. The van der Waals surface area contributed by atoms with Crippen molar-refractivity contribution in [3.63, 3.8) is 0 Å². The molecule has 0 radical (unpaired) electrons. The summed E-state index contributed by atoms with van der Waals surface area (Å²) in [5.74, 6) is 1.05. The van der Waals surface area contributed by atoms with Crippen molar-refractivity contribution in [1.82, 2.24) is 5.32 Å². The molecule has 0 bridgehead atoms. The summed E-state index contributed by atoms with van der Waals surface area (Å²) in [6, 6.07) is 0.867. The normalized spacial score (nSPS) is 30.0. The van der Waals surface area contributed by atoms with Crippen LogP contribution < -0.4 is 5.32 Å². The van der Waals surface area contributed by atoms with Gasteiger partial charge >= 0.3 is 0 Å². The molecule has 0 atom stereocenters. The van der Waals surface area contributed by atoms with Gasteiger partial charge in [0.1, 0.15) is 0 Å². The van der Waals surface area contributed by atoms with Crippen molar-refractivity contribution in [2.45, 2.75) is 52.0 Å². The third-order valence-electron chi connectivity index (χ3n) is 2.62. The van der Waals surface area contributed by atoms with E-state index < -0.39 is 0 Å². The molecule has 66 valence electrons. The summed E-state index contributed by atoms with van der Waals surface area (Å²) in [7, 11) is 0. The van der Waals surface area contributed by atoms with Gasteiger partial charge in [-0.25, -0.2) is 0 Å². The molecule has 0 aromatic heterocycles. The van der Waals surface area contributed by atoms with Gasteiger partial charge in [0.15, 0.2) is 0 Å². The van der Waals surface area contributed by atoms with Gasteiger partial charge in [-0.05, 0) is 31.7 Å². The summed E-state index contributed by atoms with van der Waals surface area (Å²) in [5, 5.41) is 3.56. The molecule has 0 aromatic carbocycles. The molecule has 0 amide bonds. The maximum Gasteiger partial charge on any atom is 0.00723 e. The lowest BCUT2D eigenvalue weighted by Gasteiger charge is -2.36. The molecule has 0 aromatic rings. The van der Waals surface area contributed by atoms with Crippen LogP contribution in [0.2, 0.25) is 0 Å². The average molecular weight is 155 g/mol. The highest BCUT2D eigenvalue weighted by Gasteiger charge is 2.26. The standard InChI is InChI=1S/C10H21N/c1-3-5-9-7-10(8-9)11-6-4-2/h9-11H,3-8H2,1-2H3. The fourth-order valence-electron chi connectivity index (χ4n) is 1.89. The van der Waals surface area contributed by atoms with E-state index in [4.69, 9.17) is 0 Å². The second kappa shape index (κ2) is 4.76. The van der Waals surface area contributed by atoms with Crippen molar-refractivity contribution in [2.24, 2.45) is 5.92 Å². The molecule has 0 saturated heterocycles. The summed E-state index contributed by atoms with van der Waals surface area (Å²) >= 11 is 0. The molecule has 0 heterocycles. The molecule has 1 rings (SSSR count). The van der Waals surface area contributed by atoms with Gasteiger partial charge in [-0.15, -0.1) is 0 Å². The topological polar surface area (TPSA) is 12.0 Å². The molecule has 1 nitrogen and oxygen atoms in total. The van der Waals surface area contributed by atoms with E-state index >= 15 is 0 Å². The number of rotatable bonds is 5. The highest BCUT2D eigenvalue weighted by atomic mass is 14.9. The summed E-state index contributed by atoms with van der Waals surface area (Å²) in [4.78, 5) is 0. The first-order chi connectivity index (χ1) is 5.36. The van der Waals surface area contributed by atoms with Crippen LogP contribution in [-0.2, 0) is 0 Å². The van der Waals surface area contributed by atoms with Crippen molar-refractivity contribution in [3.05, 3.63) is 0 Å². The fraction of sp³-hybridized carbons (Fsp3) is 1.00. The monoisotopic (exact) mass is 155 g/mol. The summed E-state index contributed by atoms with van der Waals surface area (Å²) < 4.78 is 0. The maximum absolute atomic E-state index is 3.56. The van der Waals surface area contributed by atoms with Crippen LogP contribution in [0.5, 0.6) is 0 Å². The van der Waals surface area contributed by atoms with Crippen LogP contribution in [0.4, 0.5) is 0 Å². The van der Waals surface area contributed by atoms with Gasteiger partial charge in [0.05, 0.1) is 0 Å². The van der Waals surface area contributed by atoms with Crippen molar-refractivity contribution in [1.29, 1.82) is 0 Å². The number of hydrogen-bond acceptors (Lipinski definition) is 1. The van der Waals surface area contributed by atoms with Crippen LogP contribution in [0.1, 0.15) is 46.0 Å². The van der Waals surface area contributed by atoms with Crippen molar-refractivity contribution in [3.8, 4) is 0 Å². The Morgan fingerprint density at radius 2 is 1.91 bits per heavy atom. The Morgan fingerprint density at radius 1 is 1.18 bits per heavy atom. The first kappa shape index (κ1) is 9.05. The predicted octanol–water partition coefficient (Wildman–Crippen LogP) is 2.56. The fourth-order valence-corrected chi connectivity index (χ4v) is 1.89. The molecule has 0 unspecified atom stereocenters. The van der Waals surface area contributed by atoms with Crippen LogP contribution in [0.3, 0.4) is 0 Å². The lowest BCUT2D eigenvalue weighted by atomic mass is 9.77. The smallest absolute Gasteiger partial charge is 0.00723 e. The molecule has 1 fully saturated rings. The third-order valence-corrected chi connectivity index (χ3v) is 2.62. The first-order valence-electron chi connectivity index (χ1n) is 5.10. The van der Waals surface area contributed by atoms with Crippen LogP contribution >= 0.6 is 0 Å². The maximum atomic E-state index is 3.56. The Labute approximate surface area is 70.6 Å². The lowest BCUT2D eigenvalue weighted by Crippen LogP contribution is -2.41. The van der Waals surface area contributed by atoms with E-state index in [1.807, 2.05) is 0 Å². The van der Waals surface area contributed by atoms with E-state index in [0.717, 1.165) is 12.0 Å². The average Bonchev–Trinajstić information content (AvgIpc) is 1.94. The van der Waals surface area contributed by atoms with Gasteiger partial charge in [-0.1, -0.05) is 26.7 Å². The largest absolute Gasteiger partial charge is 0.314 e. The zero-order valence-electron chi connectivity index (χ0n) is 7.90. The minimum Gasteiger partial charge on any atom is -0.314 e. The van der Waals surface area contributed by atoms with E-state index in [1.54, 1.807) is 0 Å². The molecule has 1 saturated carbocycles. The van der Waals surface area contributed by atoms with E-state index in [-0.39, 0.29) is 0 Å². The van der Waals surface area contributed by atoms with E-state index in [2.05, 4.69) is 19.2 Å². The third kappa shape index (κ3) is 2.82. The van der Waals surface area contributed by atoms with Gasteiger partial charge in [-0.2, -0.15) is 0 Å². The Morgan fingerprint density at radius 3 is 2.45 bits per heavy atom. The van der Waals surface area contributed by atoms with E-state index in [9.17, 15) is 0 Å². The second-order valence-electron chi connectivity index (χ2n) is 3.78. The molecular formula is C10H21N. The van der Waals surface area contributed by atoms with Crippen LogP contribution in [0, 0.1) is 5.92 Å². The van der Waals surface area contributed by atoms with Crippen LogP contribution in [0.25, 0.3) is 0 Å². The summed E-state index contributed by atoms with van der Waals surface area (Å²) in [5.41, 5.74) is 0. The Hall–Kier alpha value is -0.0400. The molecule has 0 aliphatic heterocycles. The molecule has 11 heavy (non-hydrogen) atoms. The molecule has 1 heteroatoms. The molecule has 0 spiro atoms. The van der Waals surface area contributed by atoms with Gasteiger partial charge in [-0.3, -0.25) is 0 Å². The van der Waals surface area contributed by atoms with Gasteiger partial charge in [0, 0.05) is 6.04 Å². The van der Waals surface area contributed by atoms with E-state index in [1.165, 1.54) is 38.6 Å². The number of nitrogens with one attached hydrogen (secondary N) is 1. The highest BCUT2D eigenvalue weighted by molar-refractivity contribution is 4.84. The van der Waals surface area contributed by atoms with Gasteiger partial charge in [0.25, 0.3) is 0 Å². The molecule has 1 aliphatic carbocycles. The molecular weight excluding hydrogens is 134 g/mol. The minimum absolute atomic E-state index is 0.867. The summed E-state index contributed by atoms with van der Waals surface area (Å²) in [6.07, 6.45) is 6.96. The van der Waals surface area contributed by atoms with Crippen molar-refractivity contribution in [2.75, 3.05) is 6.54 Å². The first-order valence-corrected chi connectivity index (χ1v) is 5.10. The zero-order valence-corrected chi connectivity index (χ0v) is 7.90. The predicted molar refractivity (Wildman–Crippen MR) is 49.7 cm³/mol. The van der Waals surface area contributed by atoms with Crippen LogP contribution in [-0.4, -0.2) is 12.6 Å². The lowest BCUT2D eigenvalue weighted by molar-refractivity contribution is 0.210. The van der Waals surface area contributed by atoms with Crippen molar-refractivity contribution >= 4 is 0 Å². The minimum atomic E-state index is 0.867. The SMILES string of the molecule is CCCNC1CC(CCC)C1. The van der Waals surface area contributed by atoms with E-state index in [0.29, 0.717) is 0 Å². The van der Waals surface area contributed by atoms with Gasteiger partial charge in [0.2, 0.25) is 0 Å². The van der Waals surface area contributed by atoms with Crippen LogP contribution in [0.15, 0.2) is 0 Å². The zero-order chi connectivity index (χ0) is 8.10. The molecule has 1 N–H and O–H groups in total. The van der Waals surface area contributed by atoms with Gasteiger partial charge < -0.3 is 5.32 Å². The second-order valence-corrected chi connectivity index (χ2v) is 3.78. The quantitative estimate of drug-likeness (QED) is 0.643. The highest BCUT2D eigenvalue weighted by Crippen LogP contribution is 2.30. The Kier molecular flexibility index (Phi) is 3.92. The summed E-state index contributed by atoms with van der Waals surface area (Å²) in [6.45, 7) is 5.73. The van der Waals surface area contributed by atoms with Crippen molar-refractivity contribution < 1.29 is 0 Å². The Bertz CT molecular complexity index is 95.0.